The van der Waals surface area contributed by atoms with Gasteiger partial charge in [-0.2, -0.15) is 44.6 Å². The molecule has 0 aliphatic rings. The Kier molecular flexibility index (Phi) is 12.0. The third kappa shape index (κ3) is 11.1. The zero-order valence-electron chi connectivity index (χ0n) is 26.4. The number of nitrogens with zero attached hydrogens (tertiary/aromatic N) is 5. The lowest BCUT2D eigenvalue weighted by molar-refractivity contribution is 0.159. The van der Waals surface area contributed by atoms with Crippen molar-refractivity contribution in [3.63, 3.8) is 0 Å². The average Bonchev–Trinajstić information content (AvgIpc) is 3.03. The fourth-order valence-corrected chi connectivity index (χ4v) is 6.72. The highest BCUT2D eigenvalue weighted by molar-refractivity contribution is 7.94. The molecule has 284 valence electrons. The van der Waals surface area contributed by atoms with Crippen LogP contribution in [0.15, 0.2) is 79.4 Å². The molecule has 0 saturated carbocycles. The molecule has 27 heteroatoms. The quantitative estimate of drug-likeness (QED) is 0.0485. The van der Waals surface area contributed by atoms with Crippen molar-refractivity contribution in [3.05, 3.63) is 60.5 Å². The molecule has 22 nitrogen and oxygen atoms in total. The van der Waals surface area contributed by atoms with E-state index in [1.54, 1.807) is 0 Å². The largest absolute Gasteiger partial charge is 0.379 e. The highest BCUT2D eigenvalue weighted by Crippen LogP contribution is 2.37. The van der Waals surface area contributed by atoms with E-state index in [0.29, 0.717) is 18.2 Å². The van der Waals surface area contributed by atoms with Gasteiger partial charge in [0.05, 0.1) is 29.5 Å². The number of carbonyl (C=O) groups excluding carboxylic acids is 1. The molecule has 8 N–H and O–H groups in total. The number of carbonyl (C=O) groups is 1. The predicted octanol–water partition coefficient (Wildman–Crippen LogP) is 2.54. The Bertz CT molecular complexity index is 2590. The smallest absolute Gasteiger partial charge is 0.316 e. The van der Waals surface area contributed by atoms with E-state index in [4.69, 9.17) is 10.5 Å². The summed E-state index contributed by atoms with van der Waals surface area (Å²) in [4.78, 5) is 19.7. The van der Waals surface area contributed by atoms with Gasteiger partial charge in [-0.3, -0.25) is 13.7 Å². The topological polar surface area (TPSA) is 349 Å². The highest BCUT2D eigenvalue weighted by atomic mass is 32.2. The number of anilines is 4. The van der Waals surface area contributed by atoms with Crippen LogP contribution >= 0.6 is 0 Å². The molecule has 0 unspecified atom stereocenters. The molecule has 0 atom stereocenters. The summed E-state index contributed by atoms with van der Waals surface area (Å²) in [7, 11) is -18.9. The fourth-order valence-electron chi connectivity index (χ4n) is 4.22. The molecule has 4 aromatic rings. The van der Waals surface area contributed by atoms with Gasteiger partial charge in [0.15, 0.2) is 9.84 Å². The fraction of sp³-hybridized carbons (Fsp3) is 0.154. The maximum absolute atomic E-state index is 14.2. The van der Waals surface area contributed by atoms with Gasteiger partial charge in [-0.05, 0) is 47.9 Å². The van der Waals surface area contributed by atoms with Crippen molar-refractivity contribution in [2.75, 3.05) is 41.5 Å². The van der Waals surface area contributed by atoms with Gasteiger partial charge in [-0.25, -0.2) is 13.2 Å². The van der Waals surface area contributed by atoms with E-state index in [-0.39, 0.29) is 54.5 Å². The SMILES string of the molecule is C=CS(=O)(=O)CCOCCNc1nc(F)nc(Nc2ccc(N=Nc3cc4c(S(=O)(=O)O)cc(S(=O)(=O)O)cc4cc3S(=O)(=O)O)c(NC(N)=O)c2)n1. The molecule has 0 aliphatic carbocycles. The van der Waals surface area contributed by atoms with Crippen molar-refractivity contribution in [1.82, 2.24) is 15.0 Å². The van der Waals surface area contributed by atoms with Gasteiger partial charge >= 0.3 is 12.1 Å². The Balaban J connectivity index is 1.65. The summed E-state index contributed by atoms with van der Waals surface area (Å²) in [6.45, 7) is 3.12. The van der Waals surface area contributed by atoms with E-state index in [1.165, 1.54) is 18.2 Å². The van der Waals surface area contributed by atoms with Crippen LogP contribution < -0.4 is 21.7 Å². The number of rotatable bonds is 16. The Morgan fingerprint density at radius 3 is 2.13 bits per heavy atom. The molecule has 0 bridgehead atoms. The van der Waals surface area contributed by atoms with Crippen molar-refractivity contribution in [3.8, 4) is 0 Å². The number of azo groups is 1. The Hall–Kier alpha value is -5.29. The molecule has 1 aromatic heterocycles. The van der Waals surface area contributed by atoms with E-state index in [0.717, 1.165) is 11.5 Å². The van der Waals surface area contributed by atoms with Gasteiger partial charge in [-0.15, -0.1) is 10.2 Å². The first-order valence-electron chi connectivity index (χ1n) is 14.1. The Morgan fingerprint density at radius 2 is 1.51 bits per heavy atom. The van der Waals surface area contributed by atoms with Crippen LogP contribution in [0.25, 0.3) is 10.8 Å². The molecule has 0 spiro atoms. The number of aromatic nitrogens is 3. The number of benzene rings is 3. The first-order valence-corrected chi connectivity index (χ1v) is 20.1. The molecule has 4 rings (SSSR count). The third-order valence-electron chi connectivity index (χ3n) is 6.50. The van der Waals surface area contributed by atoms with Gasteiger partial charge in [0.2, 0.25) is 11.9 Å². The summed E-state index contributed by atoms with van der Waals surface area (Å²) < 4.78 is 143. The summed E-state index contributed by atoms with van der Waals surface area (Å²) in [6.07, 6.45) is -1.21. The molecule has 0 saturated heterocycles. The highest BCUT2D eigenvalue weighted by Gasteiger charge is 2.25. The van der Waals surface area contributed by atoms with Crippen LogP contribution in [-0.4, -0.2) is 93.8 Å². The van der Waals surface area contributed by atoms with Crippen molar-refractivity contribution in [1.29, 1.82) is 0 Å². The second kappa shape index (κ2) is 15.8. The number of amides is 2. The minimum atomic E-state index is -5.21. The standard InChI is InChI=1S/C26H26FN9O13S4/c1-2-50(38,39)8-7-49-6-5-29-25-32-23(27)33-26(34-25)30-15-3-4-18(19(11-15)31-24(28)37)35-36-20-13-17-14(10-22(20)53(46,47)48)9-16(51(40,41)42)12-21(17)52(43,44)45/h2-4,9-13H,1,5-8H2,(H3,28,31,37)(H,40,41,42)(H,43,44,45)(H,46,47,48)(H2,29,30,32,33,34). The third-order valence-corrected chi connectivity index (χ3v) is 10.4. The number of nitrogens with one attached hydrogen (secondary N) is 3. The number of ether oxygens (including phenoxy) is 1. The zero-order valence-corrected chi connectivity index (χ0v) is 29.7. The minimum Gasteiger partial charge on any atom is -0.379 e. The van der Waals surface area contributed by atoms with Crippen molar-refractivity contribution in [2.45, 2.75) is 14.7 Å². The maximum atomic E-state index is 14.2. The summed E-state index contributed by atoms with van der Waals surface area (Å²) in [5.74, 6) is -0.856. The number of hydrogen-bond donors (Lipinski definition) is 7. The lowest BCUT2D eigenvalue weighted by Gasteiger charge is -2.12. The molecule has 53 heavy (non-hydrogen) atoms. The predicted molar refractivity (Wildman–Crippen MR) is 184 cm³/mol. The molecule has 2 amide bonds. The first kappa shape index (κ1) is 40.5. The lowest BCUT2D eigenvalue weighted by atomic mass is 10.1. The molecule has 3 aromatic carbocycles. The van der Waals surface area contributed by atoms with Crippen LogP contribution in [0.4, 0.5) is 43.8 Å². The number of hydrogen-bond acceptors (Lipinski definition) is 17. The molecule has 0 fully saturated rings. The second-order valence-electron chi connectivity index (χ2n) is 10.3. The van der Waals surface area contributed by atoms with Crippen LogP contribution in [-0.2, 0) is 44.9 Å². The van der Waals surface area contributed by atoms with Crippen LogP contribution in [0.2, 0.25) is 0 Å². The monoisotopic (exact) mass is 819 g/mol. The van der Waals surface area contributed by atoms with E-state index in [1.807, 2.05) is 0 Å². The van der Waals surface area contributed by atoms with Crippen molar-refractivity contribution < 1.29 is 61.3 Å². The number of fused-ring (bicyclic) bond motifs is 1. The molecular weight excluding hydrogens is 794 g/mol. The zero-order chi connectivity index (χ0) is 39.4. The molecular formula is C26H26FN9O13S4. The van der Waals surface area contributed by atoms with Gasteiger partial charge in [-0.1, -0.05) is 6.58 Å². The van der Waals surface area contributed by atoms with Gasteiger partial charge < -0.3 is 26.4 Å². The van der Waals surface area contributed by atoms with Crippen LogP contribution in [0.3, 0.4) is 0 Å². The summed E-state index contributed by atoms with van der Waals surface area (Å²) in [6, 6.07) is 4.97. The van der Waals surface area contributed by atoms with Crippen LogP contribution in [0, 0.1) is 6.08 Å². The van der Waals surface area contributed by atoms with Gasteiger partial charge in [0.1, 0.15) is 21.2 Å². The van der Waals surface area contributed by atoms with Gasteiger partial charge in [0.25, 0.3) is 30.4 Å². The van der Waals surface area contributed by atoms with E-state index in [9.17, 15) is 56.5 Å². The van der Waals surface area contributed by atoms with Crippen molar-refractivity contribution in [2.24, 2.45) is 16.0 Å². The summed E-state index contributed by atoms with van der Waals surface area (Å²) >= 11 is 0. The second-order valence-corrected chi connectivity index (χ2v) is 16.5. The normalized spacial score (nSPS) is 12.5. The maximum Gasteiger partial charge on any atom is 0.316 e. The summed E-state index contributed by atoms with van der Waals surface area (Å²) in [5, 5.41) is 15.0. The number of nitrogens with two attached hydrogens (primary N) is 1. The Labute approximate surface area is 299 Å². The van der Waals surface area contributed by atoms with E-state index in [2.05, 4.69) is 47.7 Å². The number of primary amides is 1. The number of sulfone groups is 1. The first-order chi connectivity index (χ1) is 24.6. The van der Waals surface area contributed by atoms with E-state index >= 15 is 0 Å². The number of urea groups is 1. The van der Waals surface area contributed by atoms with E-state index < -0.39 is 83.4 Å². The average molecular weight is 820 g/mol. The molecule has 0 radical (unpaired) electrons. The Morgan fingerprint density at radius 1 is 0.849 bits per heavy atom. The molecule has 0 aliphatic heterocycles. The van der Waals surface area contributed by atoms with Crippen LogP contribution in [0.5, 0.6) is 0 Å². The molecule has 1 heterocycles. The number of halogens is 1. The van der Waals surface area contributed by atoms with Crippen LogP contribution in [0.1, 0.15) is 0 Å². The minimum absolute atomic E-state index is 0.00247. The van der Waals surface area contributed by atoms with Gasteiger partial charge in [0, 0.05) is 23.0 Å². The van der Waals surface area contributed by atoms with Crippen molar-refractivity contribution >= 4 is 91.6 Å². The summed E-state index contributed by atoms with van der Waals surface area (Å²) in [5.41, 5.74) is 4.20. The lowest BCUT2D eigenvalue weighted by Crippen LogP contribution is -2.19.